The number of hydrogen-bond acceptors (Lipinski definition) is 4. The zero-order valence-electron chi connectivity index (χ0n) is 12.4. The minimum absolute atomic E-state index is 0.102. The minimum Gasteiger partial charge on any atom is -0.481 e. The fourth-order valence-electron chi connectivity index (χ4n) is 3.10. The van der Waals surface area contributed by atoms with Crippen LogP contribution in [0.3, 0.4) is 0 Å². The highest BCUT2D eigenvalue weighted by molar-refractivity contribution is 5.74. The van der Waals surface area contributed by atoms with Crippen LogP contribution >= 0.6 is 0 Å². The summed E-state index contributed by atoms with van der Waals surface area (Å²) in [4.78, 5) is 26.9. The topological polar surface area (TPSA) is 93.1 Å². The molecule has 0 radical (unpaired) electrons. The number of β-amino-alcohol motifs (C(OH)–C–C–N with tert-alkyl or cyclic N) is 1. The molecular weight excluding hydrogens is 274 g/mol. The van der Waals surface area contributed by atoms with Gasteiger partial charge in [-0.3, -0.25) is 9.69 Å². The number of carboxylic acids is 1. The minimum atomic E-state index is -0.790. The number of carbonyl (C=O) groups is 2. The third-order valence-electron chi connectivity index (χ3n) is 4.63. The van der Waals surface area contributed by atoms with Crippen molar-refractivity contribution in [3.8, 4) is 0 Å². The van der Waals surface area contributed by atoms with Gasteiger partial charge in [-0.2, -0.15) is 0 Å². The van der Waals surface area contributed by atoms with E-state index in [-0.39, 0.29) is 24.5 Å². The van der Waals surface area contributed by atoms with E-state index in [2.05, 4.69) is 10.2 Å². The van der Waals surface area contributed by atoms with Gasteiger partial charge in [0.2, 0.25) is 0 Å². The van der Waals surface area contributed by atoms with Crippen LogP contribution in [0.4, 0.5) is 4.79 Å². The van der Waals surface area contributed by atoms with E-state index < -0.39 is 5.97 Å². The average Bonchev–Trinajstić information content (AvgIpc) is 2.42. The quantitative estimate of drug-likeness (QED) is 0.639. The Hall–Kier alpha value is -1.34. The summed E-state index contributed by atoms with van der Waals surface area (Å²) in [6.45, 7) is 4.09. The van der Waals surface area contributed by atoms with E-state index in [0.29, 0.717) is 26.2 Å². The maximum absolute atomic E-state index is 12.1. The van der Waals surface area contributed by atoms with Crippen molar-refractivity contribution in [1.82, 2.24) is 15.1 Å². The molecule has 2 fully saturated rings. The third-order valence-corrected chi connectivity index (χ3v) is 4.63. The highest BCUT2D eigenvalue weighted by atomic mass is 16.4. The lowest BCUT2D eigenvalue weighted by atomic mass is 9.66. The lowest BCUT2D eigenvalue weighted by Crippen LogP contribution is -2.54. The highest BCUT2D eigenvalue weighted by Gasteiger charge is 2.39. The van der Waals surface area contributed by atoms with E-state index in [4.69, 9.17) is 10.2 Å². The van der Waals surface area contributed by atoms with Gasteiger partial charge in [-0.15, -0.1) is 0 Å². The van der Waals surface area contributed by atoms with Gasteiger partial charge in [-0.25, -0.2) is 4.79 Å². The summed E-state index contributed by atoms with van der Waals surface area (Å²) in [5, 5.41) is 20.8. The van der Waals surface area contributed by atoms with Crippen LogP contribution in [-0.4, -0.2) is 77.9 Å². The van der Waals surface area contributed by atoms with Gasteiger partial charge in [-0.05, 0) is 18.3 Å². The van der Waals surface area contributed by atoms with Crippen molar-refractivity contribution in [3.05, 3.63) is 0 Å². The molecule has 7 nitrogen and oxygen atoms in total. The lowest BCUT2D eigenvalue weighted by Gasteiger charge is -2.41. The predicted molar refractivity (Wildman–Crippen MR) is 77.0 cm³/mol. The fraction of sp³-hybridized carbons (Fsp3) is 0.857. The first-order chi connectivity index (χ1) is 10.0. The number of piperazine rings is 1. The monoisotopic (exact) mass is 299 g/mol. The van der Waals surface area contributed by atoms with E-state index in [1.807, 2.05) is 0 Å². The first-order valence-corrected chi connectivity index (χ1v) is 7.62. The van der Waals surface area contributed by atoms with Crippen LogP contribution in [0.15, 0.2) is 0 Å². The number of aliphatic carboxylic acids is 1. The van der Waals surface area contributed by atoms with Crippen molar-refractivity contribution < 1.29 is 19.8 Å². The molecule has 1 saturated carbocycles. The number of rotatable bonds is 6. The Morgan fingerprint density at radius 3 is 2.29 bits per heavy atom. The Kier molecular flexibility index (Phi) is 5.41. The Morgan fingerprint density at radius 2 is 1.81 bits per heavy atom. The number of aliphatic hydroxyl groups is 1. The molecule has 120 valence electrons. The SMILES string of the molecule is O=C(O)CC1(CNC(=O)N2CCN(CCO)CC2)CCC1. The summed E-state index contributed by atoms with van der Waals surface area (Å²) in [6, 6.07) is -0.102. The Balaban J connectivity index is 1.73. The Labute approximate surface area is 124 Å². The van der Waals surface area contributed by atoms with E-state index >= 15 is 0 Å². The van der Waals surface area contributed by atoms with Gasteiger partial charge in [0.05, 0.1) is 13.0 Å². The van der Waals surface area contributed by atoms with E-state index in [1.54, 1.807) is 4.90 Å². The number of carboxylic acid groups (broad SMARTS) is 1. The molecule has 1 aliphatic carbocycles. The number of amides is 2. The molecule has 0 aromatic carbocycles. The molecule has 2 amide bonds. The fourth-order valence-corrected chi connectivity index (χ4v) is 3.10. The van der Waals surface area contributed by atoms with Gasteiger partial charge in [0.25, 0.3) is 0 Å². The second-order valence-electron chi connectivity index (χ2n) is 6.14. The maximum Gasteiger partial charge on any atom is 0.317 e. The van der Waals surface area contributed by atoms with Crippen molar-refractivity contribution in [1.29, 1.82) is 0 Å². The molecular formula is C14H25N3O4. The molecule has 21 heavy (non-hydrogen) atoms. The lowest BCUT2D eigenvalue weighted by molar-refractivity contribution is -0.141. The van der Waals surface area contributed by atoms with Gasteiger partial charge < -0.3 is 20.4 Å². The number of nitrogens with zero attached hydrogens (tertiary/aromatic N) is 2. The van der Waals surface area contributed by atoms with Crippen molar-refractivity contribution in [2.24, 2.45) is 5.41 Å². The van der Waals surface area contributed by atoms with E-state index in [1.165, 1.54) is 0 Å². The van der Waals surface area contributed by atoms with Gasteiger partial charge in [-0.1, -0.05) is 6.42 Å². The zero-order chi connectivity index (χ0) is 15.3. The molecule has 2 rings (SSSR count). The number of nitrogens with one attached hydrogen (secondary N) is 1. The van der Waals surface area contributed by atoms with Crippen LogP contribution in [0.2, 0.25) is 0 Å². The summed E-state index contributed by atoms with van der Waals surface area (Å²) < 4.78 is 0. The maximum atomic E-state index is 12.1. The molecule has 0 atom stereocenters. The van der Waals surface area contributed by atoms with Gasteiger partial charge in [0.1, 0.15) is 0 Å². The highest BCUT2D eigenvalue weighted by Crippen LogP contribution is 2.43. The van der Waals surface area contributed by atoms with Crippen LogP contribution in [0, 0.1) is 5.41 Å². The van der Waals surface area contributed by atoms with E-state index in [9.17, 15) is 9.59 Å². The molecule has 0 aromatic heterocycles. The Bertz CT molecular complexity index is 376. The average molecular weight is 299 g/mol. The molecule has 0 bridgehead atoms. The number of hydrogen-bond donors (Lipinski definition) is 3. The first-order valence-electron chi connectivity index (χ1n) is 7.62. The van der Waals surface area contributed by atoms with Gasteiger partial charge in [0, 0.05) is 39.3 Å². The van der Waals surface area contributed by atoms with Crippen LogP contribution in [0.5, 0.6) is 0 Å². The van der Waals surface area contributed by atoms with Crippen molar-refractivity contribution >= 4 is 12.0 Å². The van der Waals surface area contributed by atoms with E-state index in [0.717, 1.165) is 32.4 Å². The number of urea groups is 1. The van der Waals surface area contributed by atoms with Crippen molar-refractivity contribution in [3.63, 3.8) is 0 Å². The molecule has 2 aliphatic rings. The molecule has 3 N–H and O–H groups in total. The standard InChI is InChI=1S/C14H25N3O4/c18-9-8-16-4-6-17(7-5-16)13(21)15-11-14(2-1-3-14)10-12(19)20/h18H,1-11H2,(H,15,21)(H,19,20). The summed E-state index contributed by atoms with van der Waals surface area (Å²) in [5.74, 6) is -0.790. The molecule has 0 unspecified atom stereocenters. The van der Waals surface area contributed by atoms with Crippen LogP contribution < -0.4 is 5.32 Å². The summed E-state index contributed by atoms with van der Waals surface area (Å²) in [5.41, 5.74) is -0.236. The number of aliphatic hydroxyl groups excluding tert-OH is 1. The zero-order valence-corrected chi connectivity index (χ0v) is 12.4. The van der Waals surface area contributed by atoms with Crippen molar-refractivity contribution in [2.75, 3.05) is 45.9 Å². The third kappa shape index (κ3) is 4.31. The Morgan fingerprint density at radius 1 is 1.14 bits per heavy atom. The van der Waals surface area contributed by atoms with Crippen molar-refractivity contribution in [2.45, 2.75) is 25.7 Å². The largest absolute Gasteiger partial charge is 0.481 e. The van der Waals surface area contributed by atoms with Gasteiger partial charge >= 0.3 is 12.0 Å². The molecule has 0 aromatic rings. The molecule has 1 aliphatic heterocycles. The molecule has 0 spiro atoms. The number of carbonyl (C=O) groups excluding carboxylic acids is 1. The normalized spacial score (nSPS) is 21.7. The summed E-state index contributed by atoms with van der Waals surface area (Å²) in [6.07, 6.45) is 2.94. The summed E-state index contributed by atoms with van der Waals surface area (Å²) in [7, 11) is 0. The van der Waals surface area contributed by atoms with Gasteiger partial charge in [0.15, 0.2) is 0 Å². The first kappa shape index (κ1) is 16.0. The second-order valence-corrected chi connectivity index (χ2v) is 6.14. The summed E-state index contributed by atoms with van der Waals surface area (Å²) >= 11 is 0. The second kappa shape index (κ2) is 7.09. The predicted octanol–water partition coefficient (Wildman–Crippen LogP) is -0.0491. The van der Waals surface area contributed by atoms with Crippen LogP contribution in [0.25, 0.3) is 0 Å². The van der Waals surface area contributed by atoms with Crippen LogP contribution in [-0.2, 0) is 4.79 Å². The smallest absolute Gasteiger partial charge is 0.317 e. The molecule has 1 saturated heterocycles. The molecule has 7 heteroatoms. The van der Waals surface area contributed by atoms with Crippen LogP contribution in [0.1, 0.15) is 25.7 Å². The molecule has 1 heterocycles.